The summed E-state index contributed by atoms with van der Waals surface area (Å²) < 4.78 is 7.12. The first-order valence-electron chi connectivity index (χ1n) is 9.96. The van der Waals surface area contributed by atoms with Crippen molar-refractivity contribution < 1.29 is 14.6 Å². The lowest BCUT2D eigenvalue weighted by molar-refractivity contribution is 0.0469. The normalized spacial score (nSPS) is 18.6. The van der Waals surface area contributed by atoms with Gasteiger partial charge in [-0.15, -0.1) is 0 Å². The molecule has 4 rings (SSSR count). The van der Waals surface area contributed by atoms with Crippen molar-refractivity contribution >= 4 is 16.9 Å². The average molecular weight is 395 g/mol. The van der Waals surface area contributed by atoms with E-state index in [-0.39, 0.29) is 17.7 Å². The SMILES string of the molecule is CC(C(=O)n1c(=O)[nH]c2ccccc21)N1CCCCC1COc1cccc(O)c1. The summed E-state index contributed by atoms with van der Waals surface area (Å²) >= 11 is 0. The van der Waals surface area contributed by atoms with Gasteiger partial charge in [-0.1, -0.05) is 24.6 Å². The van der Waals surface area contributed by atoms with Crippen molar-refractivity contribution in [3.8, 4) is 11.5 Å². The van der Waals surface area contributed by atoms with Gasteiger partial charge in [-0.25, -0.2) is 9.36 Å². The molecule has 1 fully saturated rings. The van der Waals surface area contributed by atoms with E-state index < -0.39 is 11.7 Å². The van der Waals surface area contributed by atoms with Gasteiger partial charge in [-0.3, -0.25) is 9.69 Å². The van der Waals surface area contributed by atoms with Crippen LogP contribution in [0.2, 0.25) is 0 Å². The number of ether oxygens (including phenoxy) is 1. The maximum absolute atomic E-state index is 13.2. The van der Waals surface area contributed by atoms with Gasteiger partial charge >= 0.3 is 5.69 Å². The molecule has 1 saturated heterocycles. The van der Waals surface area contributed by atoms with Crippen LogP contribution in [-0.2, 0) is 0 Å². The minimum atomic E-state index is -0.454. The van der Waals surface area contributed by atoms with Gasteiger partial charge in [-0.2, -0.15) is 0 Å². The summed E-state index contributed by atoms with van der Waals surface area (Å²) in [5.74, 6) is 0.518. The Kier molecular flexibility index (Phi) is 5.40. The van der Waals surface area contributed by atoms with Crippen LogP contribution in [-0.4, -0.2) is 50.7 Å². The Bertz CT molecular complexity index is 1070. The van der Waals surface area contributed by atoms with Gasteiger partial charge in [-0.05, 0) is 50.6 Å². The number of hydrogen-bond acceptors (Lipinski definition) is 5. The first-order chi connectivity index (χ1) is 14.0. The number of aromatic nitrogens is 2. The fourth-order valence-corrected chi connectivity index (χ4v) is 4.08. The zero-order valence-corrected chi connectivity index (χ0v) is 16.4. The predicted molar refractivity (Wildman–Crippen MR) is 111 cm³/mol. The Morgan fingerprint density at radius 3 is 2.90 bits per heavy atom. The number of aromatic amines is 1. The van der Waals surface area contributed by atoms with Crippen LogP contribution in [0.15, 0.2) is 53.3 Å². The Balaban J connectivity index is 1.53. The third-order valence-corrected chi connectivity index (χ3v) is 5.60. The molecule has 152 valence electrons. The lowest BCUT2D eigenvalue weighted by Gasteiger charge is -2.38. The van der Waals surface area contributed by atoms with Crippen LogP contribution in [0.4, 0.5) is 0 Å². The van der Waals surface area contributed by atoms with Crippen molar-refractivity contribution in [1.82, 2.24) is 14.5 Å². The van der Waals surface area contributed by atoms with E-state index in [1.807, 2.05) is 19.1 Å². The minimum absolute atomic E-state index is 0.0611. The Hall–Kier alpha value is -3.06. The molecule has 1 aliphatic heterocycles. The first-order valence-corrected chi connectivity index (χ1v) is 9.96. The Labute approximate surface area is 168 Å². The fraction of sp³-hybridized carbons (Fsp3) is 0.364. The minimum Gasteiger partial charge on any atom is -0.508 e. The molecular formula is C22H25N3O4. The molecule has 2 aromatic carbocycles. The molecule has 0 spiro atoms. The lowest BCUT2D eigenvalue weighted by atomic mass is 10.0. The van der Waals surface area contributed by atoms with Crippen LogP contribution in [0.1, 0.15) is 31.0 Å². The summed E-state index contributed by atoms with van der Waals surface area (Å²) in [5.41, 5.74) is 0.840. The van der Waals surface area contributed by atoms with E-state index in [0.717, 1.165) is 25.8 Å². The number of rotatable bonds is 5. The molecule has 2 unspecified atom stereocenters. The summed E-state index contributed by atoms with van der Waals surface area (Å²) in [6.45, 7) is 3.05. The number of phenolic OH excluding ortho intramolecular Hbond substituents is 1. The number of carbonyl (C=O) groups is 1. The molecule has 0 amide bonds. The van der Waals surface area contributed by atoms with Crippen molar-refractivity contribution in [2.45, 2.75) is 38.3 Å². The van der Waals surface area contributed by atoms with E-state index >= 15 is 0 Å². The molecule has 7 nitrogen and oxygen atoms in total. The average Bonchev–Trinajstić information content (AvgIpc) is 3.07. The number of H-pyrrole nitrogens is 1. The topological polar surface area (TPSA) is 87.6 Å². The largest absolute Gasteiger partial charge is 0.508 e. The number of carbonyl (C=O) groups excluding carboxylic acids is 1. The van der Waals surface area contributed by atoms with E-state index in [1.54, 1.807) is 36.4 Å². The molecule has 0 aliphatic carbocycles. The molecule has 2 N–H and O–H groups in total. The molecule has 29 heavy (non-hydrogen) atoms. The van der Waals surface area contributed by atoms with Crippen LogP contribution in [0.3, 0.4) is 0 Å². The van der Waals surface area contributed by atoms with E-state index in [4.69, 9.17) is 4.74 Å². The van der Waals surface area contributed by atoms with Gasteiger partial charge in [0.05, 0.1) is 17.1 Å². The molecule has 1 aromatic heterocycles. The van der Waals surface area contributed by atoms with Gasteiger partial charge in [0.1, 0.15) is 18.1 Å². The van der Waals surface area contributed by atoms with Crippen molar-refractivity contribution in [2.75, 3.05) is 13.2 Å². The van der Waals surface area contributed by atoms with E-state index in [9.17, 15) is 14.7 Å². The zero-order valence-electron chi connectivity index (χ0n) is 16.4. The first kappa shape index (κ1) is 19.3. The summed E-state index contributed by atoms with van der Waals surface area (Å²) in [6.07, 6.45) is 2.99. The standard InChI is InChI=1S/C22H25N3O4/c1-15(21(27)25-20-11-3-2-10-19(20)23-22(25)28)24-12-5-4-7-16(24)14-29-18-9-6-8-17(26)13-18/h2-3,6,8-11,13,15-16,26H,4-5,7,12,14H2,1H3,(H,23,28). The van der Waals surface area contributed by atoms with Crippen LogP contribution in [0, 0.1) is 0 Å². The highest BCUT2D eigenvalue weighted by Crippen LogP contribution is 2.24. The molecule has 2 atom stereocenters. The maximum Gasteiger partial charge on any atom is 0.333 e. The predicted octanol–water partition coefficient (Wildman–Crippen LogP) is 3.00. The summed E-state index contributed by atoms with van der Waals surface area (Å²) in [7, 11) is 0. The van der Waals surface area contributed by atoms with Crippen molar-refractivity contribution in [1.29, 1.82) is 0 Å². The number of phenols is 1. The molecule has 3 aromatic rings. The highest BCUT2D eigenvalue weighted by molar-refractivity contribution is 5.92. The molecule has 1 aliphatic rings. The number of benzene rings is 2. The quantitative estimate of drug-likeness (QED) is 0.693. The van der Waals surface area contributed by atoms with Crippen molar-refractivity contribution in [3.05, 3.63) is 59.0 Å². The fourth-order valence-electron chi connectivity index (χ4n) is 4.08. The van der Waals surface area contributed by atoms with Crippen molar-refractivity contribution in [2.24, 2.45) is 0 Å². The number of piperidine rings is 1. The van der Waals surface area contributed by atoms with Gasteiger partial charge in [0.25, 0.3) is 5.91 Å². The highest BCUT2D eigenvalue weighted by atomic mass is 16.5. The number of para-hydroxylation sites is 2. The van der Waals surface area contributed by atoms with Crippen LogP contribution in [0.5, 0.6) is 11.5 Å². The summed E-state index contributed by atoms with van der Waals surface area (Å²) in [4.78, 5) is 30.5. The van der Waals surface area contributed by atoms with Crippen molar-refractivity contribution in [3.63, 3.8) is 0 Å². The molecule has 7 heteroatoms. The second-order valence-electron chi connectivity index (χ2n) is 7.49. The molecule has 0 saturated carbocycles. The number of fused-ring (bicyclic) bond motifs is 1. The monoisotopic (exact) mass is 395 g/mol. The van der Waals surface area contributed by atoms with Crippen LogP contribution < -0.4 is 10.4 Å². The van der Waals surface area contributed by atoms with E-state index in [0.29, 0.717) is 23.4 Å². The molecule has 0 radical (unpaired) electrons. The number of hydrogen-bond donors (Lipinski definition) is 2. The van der Waals surface area contributed by atoms with Gasteiger partial charge in [0.15, 0.2) is 0 Å². The lowest BCUT2D eigenvalue weighted by Crippen LogP contribution is -2.52. The van der Waals surface area contributed by atoms with Crippen LogP contribution in [0.25, 0.3) is 11.0 Å². The summed E-state index contributed by atoms with van der Waals surface area (Å²) in [5, 5.41) is 9.61. The third kappa shape index (κ3) is 3.91. The van der Waals surface area contributed by atoms with Gasteiger partial charge in [0, 0.05) is 12.1 Å². The van der Waals surface area contributed by atoms with Crippen LogP contribution >= 0.6 is 0 Å². The number of aromatic hydroxyl groups is 1. The number of nitrogens with zero attached hydrogens (tertiary/aromatic N) is 2. The van der Waals surface area contributed by atoms with Gasteiger partial charge < -0.3 is 14.8 Å². The maximum atomic E-state index is 13.2. The second-order valence-corrected chi connectivity index (χ2v) is 7.49. The highest BCUT2D eigenvalue weighted by Gasteiger charge is 2.32. The van der Waals surface area contributed by atoms with E-state index in [1.165, 1.54) is 4.57 Å². The molecule has 2 heterocycles. The number of nitrogens with one attached hydrogen (secondary N) is 1. The number of imidazole rings is 1. The molecular weight excluding hydrogens is 370 g/mol. The zero-order chi connectivity index (χ0) is 20.4. The Morgan fingerprint density at radius 1 is 1.24 bits per heavy atom. The summed E-state index contributed by atoms with van der Waals surface area (Å²) in [6, 6.07) is 13.5. The number of likely N-dealkylation sites (tertiary alicyclic amines) is 1. The van der Waals surface area contributed by atoms with Gasteiger partial charge in [0.2, 0.25) is 0 Å². The Morgan fingerprint density at radius 2 is 2.07 bits per heavy atom. The smallest absolute Gasteiger partial charge is 0.333 e. The van der Waals surface area contributed by atoms with E-state index in [2.05, 4.69) is 9.88 Å². The third-order valence-electron chi connectivity index (χ3n) is 5.60. The second kappa shape index (κ2) is 8.13. The molecule has 0 bridgehead atoms.